The minimum Gasteiger partial charge on any atom is -0.396 e. The summed E-state index contributed by atoms with van der Waals surface area (Å²) in [7, 11) is 0. The van der Waals surface area contributed by atoms with Crippen LogP contribution < -0.4 is 10.6 Å². The molecule has 0 aliphatic heterocycles. The average molecular weight is 230 g/mol. The molecule has 1 unspecified atom stereocenters. The summed E-state index contributed by atoms with van der Waals surface area (Å²) < 4.78 is 0. The van der Waals surface area contributed by atoms with Gasteiger partial charge in [0.25, 0.3) is 0 Å². The fourth-order valence-electron chi connectivity index (χ4n) is 1.53. The molecule has 0 spiro atoms. The summed E-state index contributed by atoms with van der Waals surface area (Å²) in [6, 6.07) is 0.296. The quantitative estimate of drug-likeness (QED) is 0.551. The topological polar surface area (TPSA) is 61.4 Å². The molecule has 0 aliphatic rings. The number of amides is 1. The van der Waals surface area contributed by atoms with Crippen LogP contribution in [0.3, 0.4) is 0 Å². The van der Waals surface area contributed by atoms with E-state index in [2.05, 4.69) is 31.4 Å². The first-order valence-electron chi connectivity index (χ1n) is 6.24. The number of nitrogens with one attached hydrogen (secondary N) is 2. The second-order valence-corrected chi connectivity index (χ2v) is 4.33. The van der Waals surface area contributed by atoms with Gasteiger partial charge in [0.1, 0.15) is 0 Å². The molecule has 0 aliphatic carbocycles. The van der Waals surface area contributed by atoms with Gasteiger partial charge in [-0.15, -0.1) is 0 Å². The van der Waals surface area contributed by atoms with Crippen molar-refractivity contribution in [2.45, 2.75) is 46.1 Å². The van der Waals surface area contributed by atoms with Crippen LogP contribution in [0.4, 0.5) is 0 Å². The first-order valence-corrected chi connectivity index (χ1v) is 6.24. The zero-order valence-electron chi connectivity index (χ0n) is 10.8. The predicted octanol–water partition coefficient (Wildman–Crippen LogP) is 0.899. The Bertz CT molecular complexity index is 182. The number of carbonyl (C=O) groups is 1. The van der Waals surface area contributed by atoms with Crippen LogP contribution in [-0.2, 0) is 4.79 Å². The largest absolute Gasteiger partial charge is 0.396 e. The Labute approximate surface area is 98.8 Å². The van der Waals surface area contributed by atoms with E-state index >= 15 is 0 Å². The van der Waals surface area contributed by atoms with Gasteiger partial charge in [-0.3, -0.25) is 4.79 Å². The summed E-state index contributed by atoms with van der Waals surface area (Å²) in [6.45, 7) is 7.56. The second kappa shape index (κ2) is 9.60. The van der Waals surface area contributed by atoms with E-state index in [0.29, 0.717) is 18.5 Å². The van der Waals surface area contributed by atoms with E-state index in [9.17, 15) is 4.79 Å². The Balaban J connectivity index is 3.57. The lowest BCUT2D eigenvalue weighted by molar-refractivity contribution is -0.121. The summed E-state index contributed by atoms with van der Waals surface area (Å²) in [5.74, 6) is 0.468. The van der Waals surface area contributed by atoms with Crippen molar-refractivity contribution >= 4 is 5.91 Å². The van der Waals surface area contributed by atoms with Crippen molar-refractivity contribution < 1.29 is 9.90 Å². The highest BCUT2D eigenvalue weighted by Crippen LogP contribution is 1.98. The molecule has 0 bridgehead atoms. The molecule has 3 N–H and O–H groups in total. The smallest absolute Gasteiger partial charge is 0.234 e. The van der Waals surface area contributed by atoms with Gasteiger partial charge in [0.15, 0.2) is 0 Å². The number of carbonyl (C=O) groups excluding carboxylic acids is 1. The van der Waals surface area contributed by atoms with Gasteiger partial charge in [-0.1, -0.05) is 20.8 Å². The van der Waals surface area contributed by atoms with Crippen molar-refractivity contribution in [3.63, 3.8) is 0 Å². The third kappa shape index (κ3) is 7.65. The Morgan fingerprint density at radius 3 is 2.44 bits per heavy atom. The fourth-order valence-corrected chi connectivity index (χ4v) is 1.53. The number of rotatable bonds is 9. The minimum absolute atomic E-state index is 0.0601. The monoisotopic (exact) mass is 230 g/mol. The summed E-state index contributed by atoms with van der Waals surface area (Å²) >= 11 is 0. The second-order valence-electron chi connectivity index (χ2n) is 4.33. The van der Waals surface area contributed by atoms with Crippen LogP contribution in [0.2, 0.25) is 0 Å². The highest BCUT2D eigenvalue weighted by Gasteiger charge is 2.08. The van der Waals surface area contributed by atoms with Crippen LogP contribution in [-0.4, -0.2) is 36.8 Å². The molecular formula is C12H26N2O2. The fraction of sp³-hybridized carbons (Fsp3) is 0.917. The van der Waals surface area contributed by atoms with E-state index in [1.165, 1.54) is 0 Å². The Morgan fingerprint density at radius 2 is 1.94 bits per heavy atom. The van der Waals surface area contributed by atoms with Crippen molar-refractivity contribution in [3.8, 4) is 0 Å². The lowest BCUT2D eigenvalue weighted by Gasteiger charge is -2.16. The van der Waals surface area contributed by atoms with Crippen LogP contribution in [0.1, 0.15) is 40.0 Å². The van der Waals surface area contributed by atoms with E-state index < -0.39 is 0 Å². The summed E-state index contributed by atoms with van der Waals surface area (Å²) in [4.78, 5) is 11.5. The SMILES string of the molecule is CCC(CC)NC(=O)CNCC(C)CCO. The lowest BCUT2D eigenvalue weighted by Crippen LogP contribution is -2.40. The van der Waals surface area contributed by atoms with Crippen LogP contribution in [0, 0.1) is 5.92 Å². The van der Waals surface area contributed by atoms with Gasteiger partial charge >= 0.3 is 0 Å². The molecule has 4 nitrogen and oxygen atoms in total. The molecule has 96 valence electrons. The minimum atomic E-state index is 0.0601. The zero-order chi connectivity index (χ0) is 12.4. The highest BCUT2D eigenvalue weighted by molar-refractivity contribution is 5.78. The molecule has 0 saturated heterocycles. The number of hydrogen-bond donors (Lipinski definition) is 3. The van der Waals surface area contributed by atoms with E-state index in [4.69, 9.17) is 5.11 Å². The van der Waals surface area contributed by atoms with Gasteiger partial charge in [-0.25, -0.2) is 0 Å². The van der Waals surface area contributed by atoms with E-state index in [-0.39, 0.29) is 12.5 Å². The summed E-state index contributed by atoms with van der Waals surface area (Å²) in [6.07, 6.45) is 2.73. The van der Waals surface area contributed by atoms with Gasteiger partial charge in [0.05, 0.1) is 6.54 Å². The molecule has 0 radical (unpaired) electrons. The third-order valence-electron chi connectivity index (χ3n) is 2.75. The molecule has 0 aromatic heterocycles. The molecule has 1 amide bonds. The Hall–Kier alpha value is -0.610. The molecule has 0 rings (SSSR count). The van der Waals surface area contributed by atoms with Crippen LogP contribution in [0.15, 0.2) is 0 Å². The molecule has 0 saturated carbocycles. The van der Waals surface area contributed by atoms with Gasteiger partial charge in [-0.2, -0.15) is 0 Å². The lowest BCUT2D eigenvalue weighted by atomic mass is 10.1. The summed E-state index contributed by atoms with van der Waals surface area (Å²) in [5, 5.41) is 14.8. The first-order chi connectivity index (χ1) is 7.63. The van der Waals surface area contributed by atoms with Crippen LogP contribution in [0.25, 0.3) is 0 Å². The van der Waals surface area contributed by atoms with Crippen molar-refractivity contribution in [2.75, 3.05) is 19.7 Å². The van der Waals surface area contributed by atoms with Crippen molar-refractivity contribution in [2.24, 2.45) is 5.92 Å². The van der Waals surface area contributed by atoms with Gasteiger partial charge in [0, 0.05) is 12.6 Å². The molecular weight excluding hydrogens is 204 g/mol. The average Bonchev–Trinajstić information content (AvgIpc) is 2.26. The Kier molecular flexibility index (Phi) is 9.24. The van der Waals surface area contributed by atoms with Gasteiger partial charge < -0.3 is 15.7 Å². The Morgan fingerprint density at radius 1 is 1.31 bits per heavy atom. The summed E-state index contributed by atoms with van der Waals surface area (Å²) in [5.41, 5.74) is 0. The molecule has 16 heavy (non-hydrogen) atoms. The van der Waals surface area contributed by atoms with E-state index in [0.717, 1.165) is 25.8 Å². The van der Waals surface area contributed by atoms with Crippen molar-refractivity contribution in [1.82, 2.24) is 10.6 Å². The third-order valence-corrected chi connectivity index (χ3v) is 2.75. The van der Waals surface area contributed by atoms with Gasteiger partial charge in [-0.05, 0) is 31.7 Å². The molecule has 0 heterocycles. The number of aliphatic hydroxyl groups excluding tert-OH is 1. The molecule has 0 aromatic carbocycles. The zero-order valence-corrected chi connectivity index (χ0v) is 10.8. The maximum atomic E-state index is 11.5. The van der Waals surface area contributed by atoms with Crippen molar-refractivity contribution in [1.29, 1.82) is 0 Å². The van der Waals surface area contributed by atoms with Crippen LogP contribution >= 0.6 is 0 Å². The standard InChI is InChI=1S/C12H26N2O2/c1-4-11(5-2)14-12(16)9-13-8-10(3)6-7-15/h10-11,13,15H,4-9H2,1-3H3,(H,14,16). The first kappa shape index (κ1) is 15.4. The molecule has 1 atom stereocenters. The normalized spacial score (nSPS) is 12.8. The number of aliphatic hydroxyl groups is 1. The molecule has 0 aromatic rings. The maximum Gasteiger partial charge on any atom is 0.234 e. The van der Waals surface area contributed by atoms with Crippen molar-refractivity contribution in [3.05, 3.63) is 0 Å². The molecule has 0 fully saturated rings. The van der Waals surface area contributed by atoms with E-state index in [1.807, 2.05) is 0 Å². The maximum absolute atomic E-state index is 11.5. The van der Waals surface area contributed by atoms with E-state index in [1.54, 1.807) is 0 Å². The molecule has 4 heteroatoms. The highest BCUT2D eigenvalue weighted by atomic mass is 16.3. The predicted molar refractivity (Wildman–Crippen MR) is 66.2 cm³/mol. The number of hydrogen-bond acceptors (Lipinski definition) is 3. The van der Waals surface area contributed by atoms with Gasteiger partial charge in [0.2, 0.25) is 5.91 Å². The van der Waals surface area contributed by atoms with Crippen LogP contribution in [0.5, 0.6) is 0 Å².